The topological polar surface area (TPSA) is 68.3 Å². The zero-order valence-corrected chi connectivity index (χ0v) is 21.4. The van der Waals surface area contributed by atoms with Crippen LogP contribution in [-0.2, 0) is 0 Å². The number of rotatable bonds is 1. The van der Waals surface area contributed by atoms with E-state index in [1.807, 2.05) is 18.3 Å². The van der Waals surface area contributed by atoms with E-state index in [0.29, 0.717) is 33.7 Å². The van der Waals surface area contributed by atoms with E-state index >= 15 is 0 Å². The van der Waals surface area contributed by atoms with Crippen LogP contribution < -0.4 is 0 Å². The molecule has 0 amide bonds. The van der Waals surface area contributed by atoms with Crippen molar-refractivity contribution in [3.63, 3.8) is 0 Å². The molecule has 0 radical (unpaired) electrons. The predicted octanol–water partition coefficient (Wildman–Crippen LogP) is 8.11. The van der Waals surface area contributed by atoms with Gasteiger partial charge in [-0.15, -0.1) is 0 Å². The van der Waals surface area contributed by atoms with Crippen molar-refractivity contribution in [3.8, 4) is 12.1 Å². The fraction of sp³-hybridized carbons (Fsp3) is 0.357. The number of benzene rings is 2. The van der Waals surface area contributed by atoms with E-state index in [1.165, 1.54) is 37.8 Å². The Labute approximate surface area is 212 Å². The average molecular weight is 537 g/mol. The van der Waals surface area contributed by atoms with Crippen LogP contribution in [0.2, 0.25) is 0 Å². The molecule has 2 aliphatic rings. The molecule has 2 aliphatic carbocycles. The highest BCUT2D eigenvalue weighted by molar-refractivity contribution is 9.09. The minimum absolute atomic E-state index is 0.236. The number of fused-ring (bicyclic) bond motifs is 2. The number of hydrogen-bond donors (Lipinski definition) is 1. The molecule has 2 fully saturated rings. The summed E-state index contributed by atoms with van der Waals surface area (Å²) in [4.78, 5) is 3.80. The molecule has 0 bridgehead atoms. The quantitative estimate of drug-likeness (QED) is 0.249. The van der Waals surface area contributed by atoms with E-state index in [2.05, 4.69) is 31.6 Å². The second-order valence-corrected chi connectivity index (χ2v) is 10.5. The summed E-state index contributed by atoms with van der Waals surface area (Å²) >= 11 is 3.46. The van der Waals surface area contributed by atoms with Gasteiger partial charge in [-0.3, -0.25) is 0 Å². The minimum atomic E-state index is -0.274. The first-order valence-corrected chi connectivity index (χ1v) is 12.8. The summed E-state index contributed by atoms with van der Waals surface area (Å²) in [7, 11) is 0. The van der Waals surface area contributed by atoms with Gasteiger partial charge < -0.3 is 9.55 Å². The zero-order chi connectivity index (χ0) is 25.1. The van der Waals surface area contributed by atoms with Crippen molar-refractivity contribution >= 4 is 37.7 Å². The number of nitrogens with zero attached hydrogens (tertiary/aromatic N) is 3. The second-order valence-electron chi connectivity index (χ2n) is 9.25. The lowest BCUT2D eigenvalue weighted by Gasteiger charge is -2.28. The maximum Gasteiger partial charge on any atom is 0.126 e. The lowest BCUT2D eigenvalue weighted by Crippen LogP contribution is -2.15. The van der Waals surface area contributed by atoms with Crippen LogP contribution in [-0.4, -0.2) is 14.4 Å². The number of nitrogens with one attached hydrogen (secondary N) is 1. The van der Waals surface area contributed by atoms with Gasteiger partial charge in [0.2, 0.25) is 0 Å². The van der Waals surface area contributed by atoms with Gasteiger partial charge >= 0.3 is 0 Å². The largest absolute Gasteiger partial charge is 0.360 e. The molecule has 0 unspecified atom stereocenters. The van der Waals surface area contributed by atoms with Gasteiger partial charge in [0.1, 0.15) is 23.8 Å². The van der Waals surface area contributed by atoms with Crippen LogP contribution in [0, 0.1) is 48.1 Å². The van der Waals surface area contributed by atoms with Gasteiger partial charge in [-0.25, -0.2) is 8.78 Å². The van der Waals surface area contributed by atoms with Gasteiger partial charge in [-0.05, 0) is 81.3 Å². The molecule has 6 rings (SSSR count). The first-order valence-electron chi connectivity index (χ1n) is 11.8. The highest BCUT2D eigenvalue weighted by atomic mass is 79.9. The zero-order valence-electron chi connectivity index (χ0n) is 19.8. The number of aryl methyl sites for hydroxylation is 2. The summed E-state index contributed by atoms with van der Waals surface area (Å²) < 4.78 is 28.8. The number of aromatic nitrogens is 2. The Morgan fingerprint density at radius 3 is 1.97 bits per heavy atom. The summed E-state index contributed by atoms with van der Waals surface area (Å²) in [5.41, 5.74) is 4.07. The smallest absolute Gasteiger partial charge is 0.126 e. The first kappa shape index (κ1) is 24.9. The Bertz CT molecular complexity index is 1450. The molecule has 4 aromatic rings. The highest BCUT2D eigenvalue weighted by Crippen LogP contribution is 2.36. The Morgan fingerprint density at radius 1 is 0.886 bits per heavy atom. The monoisotopic (exact) mass is 536 g/mol. The second kappa shape index (κ2) is 10.6. The molecule has 1 N–H and O–H groups in total. The van der Waals surface area contributed by atoms with Crippen LogP contribution >= 0.6 is 15.9 Å². The van der Waals surface area contributed by atoms with E-state index in [-0.39, 0.29) is 11.6 Å². The van der Waals surface area contributed by atoms with Crippen molar-refractivity contribution in [2.45, 2.75) is 63.2 Å². The van der Waals surface area contributed by atoms with Crippen molar-refractivity contribution in [3.05, 3.63) is 70.5 Å². The van der Waals surface area contributed by atoms with Crippen molar-refractivity contribution in [1.29, 1.82) is 10.5 Å². The minimum Gasteiger partial charge on any atom is -0.360 e. The number of alkyl halides is 1. The van der Waals surface area contributed by atoms with E-state index in [4.69, 9.17) is 10.5 Å². The molecule has 180 valence electrons. The summed E-state index contributed by atoms with van der Waals surface area (Å²) in [6, 6.07) is 11.1. The molecular formula is C28H27BrF2N4. The van der Waals surface area contributed by atoms with Gasteiger partial charge in [0, 0.05) is 39.6 Å². The van der Waals surface area contributed by atoms with E-state index in [0.717, 1.165) is 34.1 Å². The molecule has 0 saturated heterocycles. The van der Waals surface area contributed by atoms with Crippen LogP contribution in [0.4, 0.5) is 8.78 Å². The molecule has 0 spiro atoms. The SMILES string of the molecule is BrC1CCC1.Cc1cc2[nH]cc(C#N)c2cc1F.Cc1cc2c(cc1F)c(C#N)cn2C1CCC1. The lowest BCUT2D eigenvalue weighted by atomic mass is 9.93. The van der Waals surface area contributed by atoms with E-state index < -0.39 is 0 Å². The Hall–Kier alpha value is -3.16. The van der Waals surface area contributed by atoms with Crippen LogP contribution in [0.25, 0.3) is 21.8 Å². The molecular weight excluding hydrogens is 510 g/mol. The van der Waals surface area contributed by atoms with Crippen molar-refractivity contribution < 1.29 is 8.78 Å². The fourth-order valence-electron chi connectivity index (χ4n) is 4.13. The van der Waals surface area contributed by atoms with Crippen LogP contribution in [0.3, 0.4) is 0 Å². The van der Waals surface area contributed by atoms with E-state index in [1.54, 1.807) is 26.1 Å². The molecule has 0 aliphatic heterocycles. The summed E-state index contributed by atoms with van der Waals surface area (Å²) in [5.74, 6) is -0.510. The van der Waals surface area contributed by atoms with Crippen LogP contribution in [0.5, 0.6) is 0 Å². The third-order valence-electron chi connectivity index (χ3n) is 6.82. The first-order chi connectivity index (χ1) is 16.8. The number of aromatic amines is 1. The van der Waals surface area contributed by atoms with Crippen LogP contribution in [0.15, 0.2) is 36.7 Å². The van der Waals surface area contributed by atoms with Crippen molar-refractivity contribution in [1.82, 2.24) is 9.55 Å². The van der Waals surface area contributed by atoms with Crippen molar-refractivity contribution in [2.75, 3.05) is 0 Å². The number of nitriles is 2. The molecule has 2 aromatic heterocycles. The van der Waals surface area contributed by atoms with E-state index in [9.17, 15) is 8.78 Å². The third kappa shape index (κ3) is 5.26. The van der Waals surface area contributed by atoms with Gasteiger partial charge in [0.05, 0.1) is 16.6 Å². The molecule has 35 heavy (non-hydrogen) atoms. The van der Waals surface area contributed by atoms with Crippen molar-refractivity contribution in [2.24, 2.45) is 0 Å². The normalized spacial score (nSPS) is 15.2. The molecule has 7 heteroatoms. The Balaban J connectivity index is 0.000000141. The molecule has 2 heterocycles. The standard InChI is InChI=1S/C14H13FN2.C10H7FN2.C4H7Br/c1-9-5-14-12(6-13(9)15)10(7-16)8-17(14)11-3-2-4-11;1-6-2-10-8(3-9(6)11)7(4-12)5-13-10;5-4-2-1-3-4/h5-6,8,11H,2-4H2,1H3;2-3,5,13H,1H3;4H,1-3H2. The number of halogens is 3. The maximum absolute atomic E-state index is 13.6. The number of hydrogen-bond acceptors (Lipinski definition) is 2. The van der Waals surface area contributed by atoms with Crippen LogP contribution in [0.1, 0.15) is 66.8 Å². The van der Waals surface area contributed by atoms with Gasteiger partial charge in [-0.1, -0.05) is 22.4 Å². The molecule has 2 saturated carbocycles. The summed E-state index contributed by atoms with van der Waals surface area (Å²) in [6.07, 6.45) is 11.3. The summed E-state index contributed by atoms with van der Waals surface area (Å²) in [5, 5.41) is 19.2. The maximum atomic E-state index is 13.6. The van der Waals surface area contributed by atoms with Gasteiger partial charge in [0.25, 0.3) is 0 Å². The lowest BCUT2D eigenvalue weighted by molar-refractivity contribution is 0.321. The summed E-state index contributed by atoms with van der Waals surface area (Å²) in [6.45, 7) is 3.46. The number of H-pyrrole nitrogens is 1. The highest BCUT2D eigenvalue weighted by Gasteiger charge is 2.22. The molecule has 2 aromatic carbocycles. The van der Waals surface area contributed by atoms with Gasteiger partial charge in [-0.2, -0.15) is 10.5 Å². The predicted molar refractivity (Wildman–Crippen MR) is 139 cm³/mol. The molecule has 0 atom stereocenters. The van der Waals surface area contributed by atoms with Gasteiger partial charge in [0.15, 0.2) is 0 Å². The Morgan fingerprint density at radius 2 is 1.46 bits per heavy atom. The third-order valence-corrected chi connectivity index (χ3v) is 7.73. The Kier molecular flexibility index (Phi) is 7.57. The molecule has 4 nitrogen and oxygen atoms in total. The fourth-order valence-corrected chi connectivity index (χ4v) is 4.78. The average Bonchev–Trinajstić information content (AvgIpc) is 3.33.